The summed E-state index contributed by atoms with van der Waals surface area (Å²) >= 11 is 0. The van der Waals surface area contributed by atoms with E-state index in [4.69, 9.17) is 4.42 Å². The van der Waals surface area contributed by atoms with Crippen molar-refractivity contribution >= 4 is 28.4 Å². The van der Waals surface area contributed by atoms with Crippen molar-refractivity contribution in [2.75, 3.05) is 36.4 Å². The van der Waals surface area contributed by atoms with Gasteiger partial charge in [-0.05, 0) is 31.2 Å². The highest BCUT2D eigenvalue weighted by atomic mass is 16.4. The first-order valence-electron chi connectivity index (χ1n) is 9.34. The van der Waals surface area contributed by atoms with E-state index in [0.29, 0.717) is 36.4 Å². The Morgan fingerprint density at radius 2 is 2.03 bits per heavy atom. The molecule has 1 aromatic heterocycles. The molecule has 1 fully saturated rings. The van der Waals surface area contributed by atoms with Crippen molar-refractivity contribution in [3.05, 3.63) is 46.9 Å². The topological polar surface area (TPSA) is 122 Å². The molecule has 0 unspecified atom stereocenters. The first kappa shape index (κ1) is 18.7. The van der Waals surface area contributed by atoms with Crippen LogP contribution in [0.4, 0.5) is 11.4 Å². The van der Waals surface area contributed by atoms with Gasteiger partial charge >= 0.3 is 5.76 Å². The molecule has 0 radical (unpaired) electrons. The minimum atomic E-state index is -0.512. The zero-order valence-corrected chi connectivity index (χ0v) is 15.9. The number of anilines is 2. The molecule has 1 aliphatic heterocycles. The molecular formula is C20H22N4O5. The second-order valence-electron chi connectivity index (χ2n) is 7.13. The number of aromatic nitrogens is 1. The third-order valence-electron chi connectivity index (χ3n) is 5.14. The zero-order valence-electron chi connectivity index (χ0n) is 15.9. The maximum atomic E-state index is 12.7. The van der Waals surface area contributed by atoms with E-state index in [1.54, 1.807) is 24.3 Å². The number of carbonyl (C=O) groups excluding carboxylic acids is 1. The quantitative estimate of drug-likeness (QED) is 0.493. The van der Waals surface area contributed by atoms with Crippen LogP contribution in [0.5, 0.6) is 11.5 Å². The number of phenols is 2. The van der Waals surface area contributed by atoms with Crippen molar-refractivity contribution < 1.29 is 19.4 Å². The summed E-state index contributed by atoms with van der Waals surface area (Å²) in [4.78, 5) is 30.4. The first-order chi connectivity index (χ1) is 13.9. The molecule has 152 valence electrons. The Morgan fingerprint density at radius 3 is 2.79 bits per heavy atom. The molecule has 0 spiro atoms. The smallest absolute Gasteiger partial charge is 0.417 e. The average molecular weight is 398 g/mol. The van der Waals surface area contributed by atoms with Gasteiger partial charge in [0, 0.05) is 49.2 Å². The van der Waals surface area contributed by atoms with Crippen molar-refractivity contribution in [3.63, 3.8) is 0 Å². The molecule has 0 saturated carbocycles. The molecule has 0 bridgehead atoms. The molecule has 2 aromatic carbocycles. The first-order valence-corrected chi connectivity index (χ1v) is 9.34. The monoisotopic (exact) mass is 398 g/mol. The maximum Gasteiger partial charge on any atom is 0.417 e. The number of aromatic hydroxyl groups is 2. The van der Waals surface area contributed by atoms with Gasteiger partial charge in [0.15, 0.2) is 17.1 Å². The predicted octanol–water partition coefficient (Wildman–Crippen LogP) is 1.68. The molecule has 4 rings (SSSR count). The number of nitrogens with one attached hydrogen (secondary N) is 2. The lowest BCUT2D eigenvalue weighted by molar-refractivity contribution is -0.131. The van der Waals surface area contributed by atoms with Crippen molar-refractivity contribution in [2.45, 2.75) is 13.0 Å². The number of aromatic amines is 1. The molecule has 9 nitrogen and oxygen atoms in total. The number of piperazine rings is 1. The summed E-state index contributed by atoms with van der Waals surface area (Å²) in [6, 6.07) is 9.90. The molecule has 4 N–H and O–H groups in total. The normalized spacial score (nSPS) is 16.9. The minimum absolute atomic E-state index is 0.0147. The SMILES string of the molecule is C[C@@H]1CN(c2ccc(O)c(O)c2)CCN1C(=O)CNc1ccc2[nH]c(=O)oc2c1. The van der Waals surface area contributed by atoms with Crippen LogP contribution in [0.2, 0.25) is 0 Å². The Balaban J connectivity index is 1.36. The van der Waals surface area contributed by atoms with Crippen LogP contribution in [0.25, 0.3) is 11.1 Å². The van der Waals surface area contributed by atoms with Crippen LogP contribution in [-0.2, 0) is 4.79 Å². The molecule has 3 aromatic rings. The van der Waals surface area contributed by atoms with Gasteiger partial charge in [-0.3, -0.25) is 9.78 Å². The van der Waals surface area contributed by atoms with Crippen LogP contribution in [0.1, 0.15) is 6.92 Å². The van der Waals surface area contributed by atoms with E-state index in [1.165, 1.54) is 12.1 Å². The van der Waals surface area contributed by atoms with E-state index in [2.05, 4.69) is 15.2 Å². The van der Waals surface area contributed by atoms with Gasteiger partial charge in [-0.2, -0.15) is 0 Å². The lowest BCUT2D eigenvalue weighted by atomic mass is 10.1. The van der Waals surface area contributed by atoms with Crippen molar-refractivity contribution in [3.8, 4) is 11.5 Å². The average Bonchev–Trinajstić information content (AvgIpc) is 3.07. The zero-order chi connectivity index (χ0) is 20.5. The van der Waals surface area contributed by atoms with Crippen molar-refractivity contribution in [1.82, 2.24) is 9.88 Å². The van der Waals surface area contributed by atoms with Gasteiger partial charge in [-0.15, -0.1) is 0 Å². The number of hydrogen-bond donors (Lipinski definition) is 4. The Morgan fingerprint density at radius 1 is 1.21 bits per heavy atom. The number of oxazole rings is 1. The lowest BCUT2D eigenvalue weighted by Crippen LogP contribution is -2.55. The van der Waals surface area contributed by atoms with Crippen molar-refractivity contribution in [1.29, 1.82) is 0 Å². The number of H-pyrrole nitrogens is 1. The highest BCUT2D eigenvalue weighted by Crippen LogP contribution is 2.30. The van der Waals surface area contributed by atoms with E-state index >= 15 is 0 Å². The van der Waals surface area contributed by atoms with Gasteiger partial charge in [-0.25, -0.2) is 4.79 Å². The summed E-state index contributed by atoms with van der Waals surface area (Å²) in [5.74, 6) is -0.852. The Bertz CT molecular complexity index is 1110. The second-order valence-corrected chi connectivity index (χ2v) is 7.13. The van der Waals surface area contributed by atoms with Gasteiger partial charge < -0.3 is 29.7 Å². The summed E-state index contributed by atoms with van der Waals surface area (Å²) in [6.07, 6.45) is 0. The fourth-order valence-electron chi connectivity index (χ4n) is 3.61. The fourth-order valence-corrected chi connectivity index (χ4v) is 3.61. The van der Waals surface area contributed by atoms with Crippen LogP contribution in [0.3, 0.4) is 0 Å². The Kier molecular flexibility index (Phi) is 4.79. The van der Waals surface area contributed by atoms with E-state index in [-0.39, 0.29) is 30.0 Å². The number of amides is 1. The van der Waals surface area contributed by atoms with Gasteiger partial charge in [0.2, 0.25) is 5.91 Å². The third kappa shape index (κ3) is 3.84. The molecule has 9 heteroatoms. The summed E-state index contributed by atoms with van der Waals surface area (Å²) in [6.45, 7) is 3.90. The summed E-state index contributed by atoms with van der Waals surface area (Å²) in [5, 5.41) is 22.3. The molecule has 1 aliphatic rings. The fraction of sp³-hybridized carbons (Fsp3) is 0.300. The molecule has 29 heavy (non-hydrogen) atoms. The highest BCUT2D eigenvalue weighted by molar-refractivity contribution is 5.83. The van der Waals surface area contributed by atoms with E-state index in [0.717, 1.165) is 5.69 Å². The van der Waals surface area contributed by atoms with Gasteiger partial charge in [0.05, 0.1) is 12.1 Å². The minimum Gasteiger partial charge on any atom is -0.504 e. The van der Waals surface area contributed by atoms with E-state index < -0.39 is 5.76 Å². The van der Waals surface area contributed by atoms with Crippen LogP contribution < -0.4 is 16.0 Å². The maximum absolute atomic E-state index is 12.7. The molecule has 1 saturated heterocycles. The molecule has 0 aliphatic carbocycles. The van der Waals surface area contributed by atoms with E-state index in [1.807, 2.05) is 11.8 Å². The summed E-state index contributed by atoms with van der Waals surface area (Å²) in [5.41, 5.74) is 2.54. The number of fused-ring (bicyclic) bond motifs is 1. The number of carbonyl (C=O) groups is 1. The summed E-state index contributed by atoms with van der Waals surface area (Å²) in [7, 11) is 0. The molecule has 1 atom stereocenters. The number of nitrogens with zero attached hydrogens (tertiary/aromatic N) is 2. The Labute approximate surface area is 166 Å². The third-order valence-corrected chi connectivity index (χ3v) is 5.14. The van der Waals surface area contributed by atoms with Gasteiger partial charge in [0.1, 0.15) is 0 Å². The molecule has 2 heterocycles. The largest absolute Gasteiger partial charge is 0.504 e. The highest BCUT2D eigenvalue weighted by Gasteiger charge is 2.27. The van der Waals surface area contributed by atoms with Gasteiger partial charge in [-0.1, -0.05) is 0 Å². The van der Waals surface area contributed by atoms with Crippen LogP contribution in [-0.4, -0.2) is 58.2 Å². The van der Waals surface area contributed by atoms with Crippen LogP contribution in [0.15, 0.2) is 45.6 Å². The lowest BCUT2D eigenvalue weighted by Gasteiger charge is -2.41. The van der Waals surface area contributed by atoms with E-state index in [9.17, 15) is 19.8 Å². The predicted molar refractivity (Wildman–Crippen MR) is 108 cm³/mol. The standard InChI is InChI=1S/C20H22N4O5/c1-12-11-23(14-3-5-16(25)17(26)9-14)6-7-24(12)19(27)10-21-13-2-4-15-18(8-13)29-20(28)22-15/h2-5,8-9,12,21,25-26H,6-7,10-11H2,1H3,(H,22,28)/t12-/m1/s1. The molecule has 1 amide bonds. The van der Waals surface area contributed by atoms with Gasteiger partial charge in [0.25, 0.3) is 0 Å². The second kappa shape index (κ2) is 7.42. The van der Waals surface area contributed by atoms with Crippen LogP contribution >= 0.6 is 0 Å². The Hall–Kier alpha value is -3.62. The number of hydrogen-bond acceptors (Lipinski definition) is 7. The van der Waals surface area contributed by atoms with Crippen molar-refractivity contribution in [2.24, 2.45) is 0 Å². The number of rotatable bonds is 4. The molecular weight excluding hydrogens is 376 g/mol. The summed E-state index contributed by atoms with van der Waals surface area (Å²) < 4.78 is 5.03. The number of benzene rings is 2. The number of phenolic OH excluding ortho intramolecular Hbond substituents is 2. The van der Waals surface area contributed by atoms with Crippen LogP contribution in [0, 0.1) is 0 Å².